The van der Waals surface area contributed by atoms with E-state index >= 15 is 0 Å². The van der Waals surface area contributed by atoms with Gasteiger partial charge in [0.2, 0.25) is 11.8 Å². The molecule has 0 radical (unpaired) electrons. The summed E-state index contributed by atoms with van der Waals surface area (Å²) in [6, 6.07) is 7.57. The van der Waals surface area contributed by atoms with Crippen molar-refractivity contribution in [3.8, 4) is 0 Å². The topological polar surface area (TPSA) is 75.4 Å². The van der Waals surface area contributed by atoms with Crippen molar-refractivity contribution in [3.05, 3.63) is 24.3 Å². The highest BCUT2D eigenvalue weighted by Crippen LogP contribution is 2.47. The number of carbonyl (C=O) groups is 2. The molecular weight excluding hydrogens is 290 g/mol. The smallest absolute Gasteiger partial charge is 0.229 e. The van der Waals surface area contributed by atoms with Crippen molar-refractivity contribution in [1.29, 1.82) is 0 Å². The number of nitrogens with two attached hydrogens (primary N) is 1. The summed E-state index contributed by atoms with van der Waals surface area (Å²) >= 11 is 0. The molecule has 2 bridgehead atoms. The molecule has 2 amide bonds. The summed E-state index contributed by atoms with van der Waals surface area (Å²) in [7, 11) is 0. The molecule has 5 nitrogen and oxygen atoms in total. The highest BCUT2D eigenvalue weighted by Gasteiger charge is 2.49. The highest BCUT2D eigenvalue weighted by atomic mass is 16.2. The number of carbonyl (C=O) groups excluding carboxylic acids is 2. The number of amides is 2. The average Bonchev–Trinajstić information content (AvgIpc) is 3.23. The largest absolute Gasteiger partial charge is 0.327 e. The second kappa shape index (κ2) is 5.64. The summed E-state index contributed by atoms with van der Waals surface area (Å²) in [5, 5.41) is 3.02. The lowest BCUT2D eigenvalue weighted by Crippen LogP contribution is -2.42. The van der Waals surface area contributed by atoms with Crippen LogP contribution in [0.5, 0.6) is 0 Å². The minimum atomic E-state index is -0.0641. The van der Waals surface area contributed by atoms with Crippen molar-refractivity contribution in [2.45, 2.75) is 38.1 Å². The molecular formula is C18H23N3O2. The van der Waals surface area contributed by atoms with Gasteiger partial charge in [0, 0.05) is 30.4 Å². The van der Waals surface area contributed by atoms with Crippen molar-refractivity contribution in [3.63, 3.8) is 0 Å². The van der Waals surface area contributed by atoms with E-state index in [-0.39, 0.29) is 23.8 Å². The van der Waals surface area contributed by atoms with Crippen LogP contribution < -0.4 is 16.0 Å². The predicted octanol–water partition coefficient (Wildman–Crippen LogP) is 2.13. The van der Waals surface area contributed by atoms with Gasteiger partial charge in [0.25, 0.3) is 0 Å². The molecule has 1 aromatic rings. The van der Waals surface area contributed by atoms with Crippen LogP contribution in [0, 0.1) is 17.8 Å². The van der Waals surface area contributed by atoms with Crippen LogP contribution in [0.25, 0.3) is 0 Å². The lowest BCUT2D eigenvalue weighted by atomic mass is 9.84. The minimum absolute atomic E-state index is 0.00269. The number of hydrogen-bond donors (Lipinski definition) is 2. The van der Waals surface area contributed by atoms with Crippen LogP contribution in [0.2, 0.25) is 0 Å². The maximum atomic E-state index is 12.6. The predicted molar refractivity (Wildman–Crippen MR) is 89.0 cm³/mol. The van der Waals surface area contributed by atoms with E-state index in [1.807, 2.05) is 24.3 Å². The van der Waals surface area contributed by atoms with Crippen molar-refractivity contribution in [2.75, 3.05) is 16.8 Å². The number of nitrogens with zero attached hydrogens (tertiary/aromatic N) is 1. The number of benzene rings is 1. The molecule has 2 aliphatic carbocycles. The van der Waals surface area contributed by atoms with E-state index in [4.69, 9.17) is 5.73 Å². The van der Waals surface area contributed by atoms with E-state index in [9.17, 15) is 9.59 Å². The van der Waals surface area contributed by atoms with Gasteiger partial charge in [0.15, 0.2) is 0 Å². The molecule has 4 rings (SSSR count). The van der Waals surface area contributed by atoms with Gasteiger partial charge in [-0.2, -0.15) is 0 Å². The van der Waals surface area contributed by atoms with E-state index in [2.05, 4.69) is 5.32 Å². The van der Waals surface area contributed by atoms with Crippen molar-refractivity contribution in [2.24, 2.45) is 23.5 Å². The van der Waals surface area contributed by atoms with E-state index in [1.165, 1.54) is 6.42 Å². The van der Waals surface area contributed by atoms with E-state index in [1.54, 1.807) is 4.90 Å². The molecule has 1 heterocycles. The number of anilines is 2. The van der Waals surface area contributed by atoms with Crippen LogP contribution in [0.1, 0.15) is 32.1 Å². The van der Waals surface area contributed by atoms with E-state index in [0.717, 1.165) is 37.2 Å². The quantitative estimate of drug-likeness (QED) is 0.897. The molecule has 3 N–H and O–H groups in total. The van der Waals surface area contributed by atoms with Crippen LogP contribution in [-0.4, -0.2) is 24.4 Å². The molecule has 1 aromatic carbocycles. The van der Waals surface area contributed by atoms with Crippen molar-refractivity contribution in [1.82, 2.24) is 0 Å². The van der Waals surface area contributed by atoms with Crippen molar-refractivity contribution >= 4 is 23.2 Å². The third-order valence-electron chi connectivity index (χ3n) is 5.78. The summed E-state index contributed by atoms with van der Waals surface area (Å²) in [5.74, 6) is 1.09. The van der Waals surface area contributed by atoms with Gasteiger partial charge >= 0.3 is 0 Å². The minimum Gasteiger partial charge on any atom is -0.327 e. The molecule has 122 valence electrons. The lowest BCUT2D eigenvalue weighted by Gasteiger charge is -2.27. The van der Waals surface area contributed by atoms with Crippen LogP contribution in [0.15, 0.2) is 24.3 Å². The summed E-state index contributed by atoms with van der Waals surface area (Å²) in [5.41, 5.74) is 7.87. The first-order chi connectivity index (χ1) is 11.1. The number of fused-ring (bicyclic) bond motifs is 2. The second-order valence-corrected chi connectivity index (χ2v) is 7.12. The van der Waals surface area contributed by atoms with Crippen LogP contribution >= 0.6 is 0 Å². The molecule has 1 saturated heterocycles. The van der Waals surface area contributed by atoms with Crippen LogP contribution in [-0.2, 0) is 9.59 Å². The maximum Gasteiger partial charge on any atom is 0.229 e. The molecule has 23 heavy (non-hydrogen) atoms. The second-order valence-electron chi connectivity index (χ2n) is 7.12. The monoisotopic (exact) mass is 313 g/mol. The maximum absolute atomic E-state index is 12.6. The molecule has 2 saturated carbocycles. The Kier molecular flexibility index (Phi) is 3.60. The summed E-state index contributed by atoms with van der Waals surface area (Å²) in [6.45, 7) is 0.757. The van der Waals surface area contributed by atoms with Crippen LogP contribution in [0.4, 0.5) is 11.4 Å². The Labute approximate surface area is 136 Å². The summed E-state index contributed by atoms with van der Waals surface area (Å²) in [6.07, 6.45) is 4.90. The SMILES string of the molecule is NC1C2CCC(C2)C1C(=O)Nc1cccc(N2CCCC2=O)c1. The van der Waals surface area contributed by atoms with Gasteiger partial charge in [0.1, 0.15) is 0 Å². The fourth-order valence-electron chi connectivity index (χ4n) is 4.62. The van der Waals surface area contributed by atoms with Gasteiger partial charge in [0.05, 0.1) is 5.92 Å². The Morgan fingerprint density at radius 3 is 2.78 bits per heavy atom. The van der Waals surface area contributed by atoms with Gasteiger partial charge < -0.3 is 16.0 Å². The van der Waals surface area contributed by atoms with Gasteiger partial charge in [-0.15, -0.1) is 0 Å². The Balaban J connectivity index is 1.48. The van der Waals surface area contributed by atoms with Crippen molar-refractivity contribution < 1.29 is 9.59 Å². The van der Waals surface area contributed by atoms with Gasteiger partial charge in [-0.1, -0.05) is 6.07 Å². The van der Waals surface area contributed by atoms with E-state index < -0.39 is 0 Å². The molecule has 1 aliphatic heterocycles. The first-order valence-electron chi connectivity index (χ1n) is 8.60. The summed E-state index contributed by atoms with van der Waals surface area (Å²) in [4.78, 5) is 26.3. The molecule has 5 heteroatoms. The molecule has 4 atom stereocenters. The number of rotatable bonds is 3. The zero-order valence-electron chi connectivity index (χ0n) is 13.2. The van der Waals surface area contributed by atoms with Gasteiger partial charge in [-0.05, 0) is 55.7 Å². The average molecular weight is 313 g/mol. The zero-order chi connectivity index (χ0) is 16.0. The molecule has 0 spiro atoms. The van der Waals surface area contributed by atoms with E-state index in [0.29, 0.717) is 18.3 Å². The molecule has 0 aromatic heterocycles. The fourth-order valence-corrected chi connectivity index (χ4v) is 4.62. The molecule has 3 fully saturated rings. The van der Waals surface area contributed by atoms with Gasteiger partial charge in [-0.3, -0.25) is 9.59 Å². The Hall–Kier alpha value is -1.88. The third-order valence-corrected chi connectivity index (χ3v) is 5.78. The van der Waals surface area contributed by atoms with Crippen LogP contribution in [0.3, 0.4) is 0 Å². The highest BCUT2D eigenvalue weighted by molar-refractivity contribution is 5.97. The standard InChI is InChI=1S/C18H23N3O2/c19-17-12-7-6-11(9-12)16(17)18(23)20-13-3-1-4-14(10-13)21-8-2-5-15(21)22/h1,3-4,10-12,16-17H,2,5-9,19H2,(H,20,23). The van der Waals surface area contributed by atoms with Gasteiger partial charge in [-0.25, -0.2) is 0 Å². The Bertz CT molecular complexity index is 643. The Morgan fingerprint density at radius 1 is 1.26 bits per heavy atom. The third kappa shape index (κ3) is 2.53. The lowest BCUT2D eigenvalue weighted by molar-refractivity contribution is -0.121. The zero-order valence-corrected chi connectivity index (χ0v) is 13.2. The Morgan fingerprint density at radius 2 is 2.09 bits per heavy atom. The first-order valence-corrected chi connectivity index (χ1v) is 8.60. The molecule has 3 aliphatic rings. The summed E-state index contributed by atoms with van der Waals surface area (Å²) < 4.78 is 0. The molecule has 4 unspecified atom stereocenters. The first kappa shape index (κ1) is 14.7. The fraction of sp³-hybridized carbons (Fsp3) is 0.556. The number of hydrogen-bond acceptors (Lipinski definition) is 3. The number of nitrogens with one attached hydrogen (secondary N) is 1. The normalized spacial score (nSPS) is 32.6.